The minimum absolute atomic E-state index is 0.0259. The molecule has 1 aliphatic rings. The molecule has 0 aliphatic carbocycles. The van der Waals surface area contributed by atoms with Crippen molar-refractivity contribution in [2.45, 2.75) is 26.7 Å². The quantitative estimate of drug-likeness (QED) is 0.831. The van der Waals surface area contributed by atoms with E-state index >= 15 is 0 Å². The van der Waals surface area contributed by atoms with Crippen LogP contribution in [0.1, 0.15) is 35.8 Å². The summed E-state index contributed by atoms with van der Waals surface area (Å²) in [6.07, 6.45) is 2.92. The predicted octanol–water partition coefficient (Wildman–Crippen LogP) is 0.894. The van der Waals surface area contributed by atoms with E-state index in [0.29, 0.717) is 11.5 Å². The Hall–Kier alpha value is -1.85. The third kappa shape index (κ3) is 3.00. The molecule has 0 bridgehead atoms. The van der Waals surface area contributed by atoms with Crippen molar-refractivity contribution in [3.8, 4) is 0 Å². The van der Waals surface area contributed by atoms with Crippen molar-refractivity contribution in [2.24, 2.45) is 13.0 Å². The van der Waals surface area contributed by atoms with Crippen molar-refractivity contribution in [3.05, 3.63) is 11.3 Å². The number of nitrogens with one attached hydrogen (secondary N) is 1. The molecule has 1 saturated heterocycles. The van der Waals surface area contributed by atoms with E-state index in [1.54, 1.807) is 11.6 Å². The Morgan fingerprint density at radius 3 is 2.65 bits per heavy atom. The number of piperidine rings is 1. The van der Waals surface area contributed by atoms with Crippen LogP contribution in [0.3, 0.4) is 0 Å². The number of amides is 1. The van der Waals surface area contributed by atoms with Crippen molar-refractivity contribution < 1.29 is 9.59 Å². The molecule has 1 fully saturated rings. The molecule has 6 nitrogen and oxygen atoms in total. The number of carbonyl (C=O) groups excluding carboxylic acids is 2. The Morgan fingerprint density at radius 2 is 2.10 bits per heavy atom. The van der Waals surface area contributed by atoms with E-state index in [4.69, 9.17) is 0 Å². The molecule has 0 unspecified atom stereocenters. The molecule has 2 rings (SSSR count). The summed E-state index contributed by atoms with van der Waals surface area (Å²) in [5, 5.41) is 7.20. The van der Waals surface area contributed by atoms with Crippen molar-refractivity contribution in [1.29, 1.82) is 0 Å². The lowest BCUT2D eigenvalue weighted by molar-refractivity contribution is -0.119. The zero-order chi connectivity index (χ0) is 14.7. The molecule has 1 amide bonds. The second-order valence-corrected chi connectivity index (χ2v) is 5.43. The lowest BCUT2D eigenvalue weighted by Crippen LogP contribution is -2.39. The van der Waals surface area contributed by atoms with E-state index in [0.717, 1.165) is 50.3 Å². The van der Waals surface area contributed by atoms with Gasteiger partial charge in [0.05, 0.1) is 11.3 Å². The minimum atomic E-state index is 0.0259. The van der Waals surface area contributed by atoms with Gasteiger partial charge in [-0.1, -0.05) is 0 Å². The van der Waals surface area contributed by atoms with Crippen LogP contribution < -0.4 is 10.2 Å². The van der Waals surface area contributed by atoms with Crippen LogP contribution >= 0.6 is 0 Å². The number of aryl methyl sites for hydroxylation is 2. The Kier molecular flexibility index (Phi) is 4.42. The third-order valence-electron chi connectivity index (χ3n) is 3.91. The maximum absolute atomic E-state index is 11.2. The summed E-state index contributed by atoms with van der Waals surface area (Å²) in [5.41, 5.74) is 1.46. The number of aromatic nitrogens is 2. The fraction of sp³-hybridized carbons (Fsp3) is 0.643. The van der Waals surface area contributed by atoms with Crippen LogP contribution in [0.4, 0.5) is 5.82 Å². The van der Waals surface area contributed by atoms with Gasteiger partial charge in [0.1, 0.15) is 5.82 Å². The highest BCUT2D eigenvalue weighted by Crippen LogP contribution is 2.26. The first-order chi connectivity index (χ1) is 9.52. The number of carbonyl (C=O) groups is 2. The predicted molar refractivity (Wildman–Crippen MR) is 77.0 cm³/mol. The molecule has 0 radical (unpaired) electrons. The molecule has 1 aromatic rings. The first-order valence-corrected chi connectivity index (χ1v) is 7.01. The van der Waals surface area contributed by atoms with E-state index in [-0.39, 0.29) is 5.91 Å². The van der Waals surface area contributed by atoms with Crippen LogP contribution in [0, 0.1) is 12.8 Å². The summed E-state index contributed by atoms with van der Waals surface area (Å²) in [4.78, 5) is 24.4. The highest BCUT2D eigenvalue weighted by Gasteiger charge is 2.24. The molecular weight excluding hydrogens is 256 g/mol. The van der Waals surface area contributed by atoms with Gasteiger partial charge in [-0.05, 0) is 25.7 Å². The highest BCUT2D eigenvalue weighted by molar-refractivity contribution is 5.84. The van der Waals surface area contributed by atoms with Gasteiger partial charge in [-0.2, -0.15) is 5.10 Å². The largest absolute Gasteiger partial charge is 0.356 e. The van der Waals surface area contributed by atoms with Crippen molar-refractivity contribution >= 4 is 18.0 Å². The second kappa shape index (κ2) is 6.07. The molecule has 2 heterocycles. The zero-order valence-electron chi connectivity index (χ0n) is 12.3. The van der Waals surface area contributed by atoms with Gasteiger partial charge < -0.3 is 10.2 Å². The molecule has 0 atom stereocenters. The average Bonchev–Trinajstić information content (AvgIpc) is 2.71. The average molecular weight is 278 g/mol. The Labute approximate surface area is 119 Å². The van der Waals surface area contributed by atoms with Gasteiger partial charge in [0, 0.05) is 33.6 Å². The van der Waals surface area contributed by atoms with Gasteiger partial charge in [-0.25, -0.2) is 0 Å². The molecule has 1 aliphatic heterocycles. The van der Waals surface area contributed by atoms with Gasteiger partial charge in [0.15, 0.2) is 6.29 Å². The van der Waals surface area contributed by atoms with E-state index in [1.807, 2.05) is 14.0 Å². The molecule has 110 valence electrons. The molecule has 1 N–H and O–H groups in total. The van der Waals surface area contributed by atoms with E-state index < -0.39 is 0 Å². The van der Waals surface area contributed by atoms with E-state index in [1.165, 1.54) is 0 Å². The van der Waals surface area contributed by atoms with Crippen LogP contribution in [0.2, 0.25) is 0 Å². The first kappa shape index (κ1) is 14.6. The van der Waals surface area contributed by atoms with Crippen LogP contribution in [0.15, 0.2) is 0 Å². The van der Waals surface area contributed by atoms with Crippen LogP contribution in [-0.4, -0.2) is 41.6 Å². The van der Waals surface area contributed by atoms with Gasteiger partial charge in [0.25, 0.3) is 0 Å². The van der Waals surface area contributed by atoms with Crippen molar-refractivity contribution in [1.82, 2.24) is 15.1 Å². The van der Waals surface area contributed by atoms with Crippen LogP contribution in [0.5, 0.6) is 0 Å². The minimum Gasteiger partial charge on any atom is -0.356 e. The molecule has 20 heavy (non-hydrogen) atoms. The van der Waals surface area contributed by atoms with Gasteiger partial charge >= 0.3 is 0 Å². The fourth-order valence-corrected chi connectivity index (χ4v) is 2.81. The number of anilines is 1. The summed E-state index contributed by atoms with van der Waals surface area (Å²) in [6.45, 7) is 5.93. The molecule has 0 aromatic carbocycles. The van der Waals surface area contributed by atoms with Gasteiger partial charge in [-0.3, -0.25) is 14.3 Å². The van der Waals surface area contributed by atoms with Crippen LogP contribution in [-0.2, 0) is 11.8 Å². The van der Waals surface area contributed by atoms with Crippen molar-refractivity contribution in [2.75, 3.05) is 24.5 Å². The first-order valence-electron chi connectivity index (χ1n) is 7.01. The summed E-state index contributed by atoms with van der Waals surface area (Å²) in [5.74, 6) is 1.46. The summed E-state index contributed by atoms with van der Waals surface area (Å²) >= 11 is 0. The molecule has 1 aromatic heterocycles. The summed E-state index contributed by atoms with van der Waals surface area (Å²) in [7, 11) is 1.87. The maximum Gasteiger partial charge on any atom is 0.216 e. The number of aldehydes is 1. The number of rotatable bonds is 4. The Bertz CT molecular complexity index is 502. The van der Waals surface area contributed by atoms with E-state index in [9.17, 15) is 9.59 Å². The third-order valence-corrected chi connectivity index (χ3v) is 3.91. The Morgan fingerprint density at radius 1 is 1.45 bits per heavy atom. The van der Waals surface area contributed by atoms with Crippen LogP contribution in [0.25, 0.3) is 0 Å². The summed E-state index contributed by atoms with van der Waals surface area (Å²) < 4.78 is 1.78. The maximum atomic E-state index is 11.2. The Balaban J connectivity index is 2.00. The van der Waals surface area contributed by atoms with Gasteiger partial charge in [-0.15, -0.1) is 0 Å². The molecular formula is C14H22N4O2. The smallest absolute Gasteiger partial charge is 0.216 e. The molecule has 6 heteroatoms. The highest BCUT2D eigenvalue weighted by atomic mass is 16.1. The monoisotopic (exact) mass is 278 g/mol. The lowest BCUT2D eigenvalue weighted by atomic mass is 9.96. The van der Waals surface area contributed by atoms with Crippen molar-refractivity contribution in [3.63, 3.8) is 0 Å². The van der Waals surface area contributed by atoms with E-state index in [2.05, 4.69) is 15.3 Å². The number of hydrogen-bond acceptors (Lipinski definition) is 4. The molecule has 0 saturated carbocycles. The normalized spacial score (nSPS) is 16.2. The van der Waals surface area contributed by atoms with Gasteiger partial charge in [0.2, 0.25) is 5.91 Å². The standard InChI is InChI=1S/C14H22N4O2/c1-10-13(9-19)14(17(3)16-10)18-6-4-12(5-7-18)8-15-11(2)20/h9,12H,4-8H2,1-3H3,(H,15,20). The zero-order valence-corrected chi connectivity index (χ0v) is 12.3. The summed E-state index contributed by atoms with van der Waals surface area (Å²) in [6, 6.07) is 0. The fourth-order valence-electron chi connectivity index (χ4n) is 2.81. The SMILES string of the molecule is CC(=O)NCC1CCN(c2c(C=O)c(C)nn2C)CC1. The topological polar surface area (TPSA) is 67.2 Å². The molecule has 0 spiro atoms. The number of hydrogen-bond donors (Lipinski definition) is 1. The number of nitrogens with zero attached hydrogens (tertiary/aromatic N) is 3. The second-order valence-electron chi connectivity index (χ2n) is 5.43. The lowest BCUT2D eigenvalue weighted by Gasteiger charge is -2.33.